The van der Waals surface area contributed by atoms with Gasteiger partial charge in [0, 0.05) is 17.4 Å². The van der Waals surface area contributed by atoms with Crippen molar-refractivity contribution in [3.05, 3.63) is 50.5 Å². The third-order valence-electron chi connectivity index (χ3n) is 2.05. The maximum absolute atomic E-state index is 11.1. The molecule has 4 nitrogen and oxygen atoms in total. The van der Waals surface area contributed by atoms with E-state index in [9.17, 15) is 14.7 Å². The van der Waals surface area contributed by atoms with E-state index in [1.165, 1.54) is 4.57 Å². The minimum Gasteiger partial charge on any atom is -0.865 e. The van der Waals surface area contributed by atoms with E-state index in [0.717, 1.165) is 5.56 Å². The fourth-order valence-electron chi connectivity index (χ4n) is 1.33. The Balaban J connectivity index is 2.63. The SMILES string of the molecule is Cc1ccc[n+](-c2c([O-])c(=O)c2=O)c1. The fraction of sp³-hybridized carbons (Fsp3) is 0.100. The van der Waals surface area contributed by atoms with Crippen LogP contribution in [0.1, 0.15) is 5.56 Å². The topological polar surface area (TPSA) is 61.1 Å². The van der Waals surface area contributed by atoms with Crippen molar-refractivity contribution in [3.8, 4) is 11.4 Å². The van der Waals surface area contributed by atoms with Crippen LogP contribution in [0.3, 0.4) is 0 Å². The second-order valence-corrected chi connectivity index (χ2v) is 3.12. The quantitative estimate of drug-likeness (QED) is 0.424. The third kappa shape index (κ3) is 1.04. The van der Waals surface area contributed by atoms with Gasteiger partial charge in [0.2, 0.25) is 5.43 Å². The molecular weight excluding hydrogens is 182 g/mol. The highest BCUT2D eigenvalue weighted by Gasteiger charge is 2.22. The first-order valence-corrected chi connectivity index (χ1v) is 4.10. The van der Waals surface area contributed by atoms with Crippen LogP contribution in [-0.2, 0) is 0 Å². The van der Waals surface area contributed by atoms with Crippen LogP contribution >= 0.6 is 0 Å². The summed E-state index contributed by atoms with van der Waals surface area (Å²) in [5.74, 6) is -0.703. The summed E-state index contributed by atoms with van der Waals surface area (Å²) >= 11 is 0. The predicted molar refractivity (Wildman–Crippen MR) is 47.1 cm³/mol. The third-order valence-corrected chi connectivity index (χ3v) is 2.05. The van der Waals surface area contributed by atoms with Gasteiger partial charge in [0.25, 0.3) is 11.1 Å². The fourth-order valence-corrected chi connectivity index (χ4v) is 1.33. The lowest BCUT2D eigenvalue weighted by atomic mass is 10.2. The largest absolute Gasteiger partial charge is 0.865 e. The Bertz CT molecular complexity index is 565. The van der Waals surface area contributed by atoms with Gasteiger partial charge in [-0.25, -0.2) is 0 Å². The summed E-state index contributed by atoms with van der Waals surface area (Å²) in [6, 6.07) is 3.55. The Labute approximate surface area is 79.4 Å². The summed E-state index contributed by atoms with van der Waals surface area (Å²) < 4.78 is 1.39. The molecule has 0 N–H and O–H groups in total. The van der Waals surface area contributed by atoms with Crippen molar-refractivity contribution in [2.75, 3.05) is 0 Å². The van der Waals surface area contributed by atoms with Crippen molar-refractivity contribution >= 4 is 0 Å². The van der Waals surface area contributed by atoms with Gasteiger partial charge in [0.15, 0.2) is 12.4 Å². The molecule has 2 aromatic rings. The molecule has 0 saturated carbocycles. The van der Waals surface area contributed by atoms with Gasteiger partial charge in [-0.3, -0.25) is 9.59 Å². The van der Waals surface area contributed by atoms with Gasteiger partial charge in [-0.15, -0.1) is 0 Å². The van der Waals surface area contributed by atoms with Crippen LogP contribution in [0.25, 0.3) is 5.69 Å². The van der Waals surface area contributed by atoms with Crippen LogP contribution in [0.5, 0.6) is 5.75 Å². The van der Waals surface area contributed by atoms with Gasteiger partial charge in [-0.05, 0) is 13.0 Å². The first kappa shape index (κ1) is 8.62. The maximum atomic E-state index is 11.1. The highest BCUT2D eigenvalue weighted by Crippen LogP contribution is 2.03. The maximum Gasteiger partial charge on any atom is 0.296 e. The minimum absolute atomic E-state index is 0.0568. The monoisotopic (exact) mass is 189 g/mol. The molecule has 0 aliphatic carbocycles. The molecule has 14 heavy (non-hydrogen) atoms. The highest BCUT2D eigenvalue weighted by molar-refractivity contribution is 5.43. The van der Waals surface area contributed by atoms with Crippen molar-refractivity contribution in [1.29, 1.82) is 0 Å². The van der Waals surface area contributed by atoms with Crippen molar-refractivity contribution < 1.29 is 9.67 Å². The molecule has 0 atom stereocenters. The molecular formula is C10H7NO3. The molecule has 0 amide bonds. The van der Waals surface area contributed by atoms with Gasteiger partial charge in [-0.1, -0.05) is 0 Å². The van der Waals surface area contributed by atoms with Gasteiger partial charge in [0.1, 0.15) is 0 Å². The van der Waals surface area contributed by atoms with Crippen molar-refractivity contribution in [3.63, 3.8) is 0 Å². The number of nitrogens with zero attached hydrogens (tertiary/aromatic N) is 1. The summed E-state index contributed by atoms with van der Waals surface area (Å²) in [7, 11) is 0. The lowest BCUT2D eigenvalue weighted by Crippen LogP contribution is -2.49. The number of aryl methyl sites for hydroxylation is 1. The lowest BCUT2D eigenvalue weighted by molar-refractivity contribution is -0.602. The number of aromatic nitrogens is 1. The standard InChI is InChI=1S/C10H7NO3/c1-6-3-2-4-11(5-6)7-8(12)10(14)9(7)13/h2-5H,1H3. The zero-order valence-corrected chi connectivity index (χ0v) is 7.48. The zero-order chi connectivity index (χ0) is 10.3. The Hall–Kier alpha value is -1.97. The molecule has 1 aromatic carbocycles. The number of hydrogen-bond acceptors (Lipinski definition) is 3. The Morgan fingerprint density at radius 3 is 2.57 bits per heavy atom. The van der Waals surface area contributed by atoms with E-state index in [2.05, 4.69) is 0 Å². The van der Waals surface area contributed by atoms with Crippen molar-refractivity contribution in [2.24, 2.45) is 0 Å². The normalized spacial score (nSPS) is 10.6. The second kappa shape index (κ2) is 2.77. The number of hydrogen-bond donors (Lipinski definition) is 0. The molecule has 0 saturated heterocycles. The molecule has 0 unspecified atom stereocenters. The van der Waals surface area contributed by atoms with Crippen LogP contribution in [0.2, 0.25) is 0 Å². The summed E-state index contributed by atoms with van der Waals surface area (Å²) in [4.78, 5) is 21.8. The molecule has 1 aromatic heterocycles. The van der Waals surface area contributed by atoms with Crippen molar-refractivity contribution in [2.45, 2.75) is 6.92 Å². The van der Waals surface area contributed by atoms with E-state index >= 15 is 0 Å². The average Bonchev–Trinajstić information content (AvgIpc) is 2.18. The Morgan fingerprint density at radius 2 is 2.00 bits per heavy atom. The van der Waals surface area contributed by atoms with E-state index in [4.69, 9.17) is 0 Å². The first-order valence-electron chi connectivity index (χ1n) is 4.10. The molecule has 0 spiro atoms. The average molecular weight is 189 g/mol. The van der Waals surface area contributed by atoms with Crippen LogP contribution in [0.15, 0.2) is 34.1 Å². The smallest absolute Gasteiger partial charge is 0.296 e. The van der Waals surface area contributed by atoms with Crippen LogP contribution in [0, 0.1) is 6.92 Å². The van der Waals surface area contributed by atoms with Gasteiger partial charge in [-0.2, -0.15) is 4.57 Å². The van der Waals surface area contributed by atoms with Gasteiger partial charge >= 0.3 is 0 Å². The van der Waals surface area contributed by atoms with E-state index in [0.29, 0.717) is 0 Å². The summed E-state index contributed by atoms with van der Waals surface area (Å²) in [6.07, 6.45) is 3.21. The number of pyridine rings is 1. The molecule has 2 rings (SSSR count). The van der Waals surface area contributed by atoms with Crippen molar-refractivity contribution in [1.82, 2.24) is 0 Å². The van der Waals surface area contributed by atoms with Gasteiger partial charge in [0.05, 0.1) is 0 Å². The molecule has 0 aliphatic rings. The summed E-state index contributed by atoms with van der Waals surface area (Å²) in [5, 5.41) is 11.1. The van der Waals surface area contributed by atoms with Gasteiger partial charge < -0.3 is 5.11 Å². The van der Waals surface area contributed by atoms with Crippen LogP contribution in [-0.4, -0.2) is 0 Å². The molecule has 0 fully saturated rings. The summed E-state index contributed by atoms with van der Waals surface area (Å²) in [5.41, 5.74) is -0.766. The number of rotatable bonds is 1. The van der Waals surface area contributed by atoms with Crippen LogP contribution in [0.4, 0.5) is 0 Å². The molecule has 0 aliphatic heterocycles. The predicted octanol–water partition coefficient (Wildman–Crippen LogP) is -1.06. The highest BCUT2D eigenvalue weighted by atomic mass is 16.3. The van der Waals surface area contributed by atoms with E-state index in [-0.39, 0.29) is 5.69 Å². The Morgan fingerprint density at radius 1 is 1.29 bits per heavy atom. The lowest BCUT2D eigenvalue weighted by Gasteiger charge is -2.08. The van der Waals surface area contributed by atoms with E-state index < -0.39 is 16.6 Å². The van der Waals surface area contributed by atoms with E-state index in [1.54, 1.807) is 18.5 Å². The second-order valence-electron chi connectivity index (χ2n) is 3.12. The Kier molecular flexibility index (Phi) is 1.70. The summed E-state index contributed by atoms with van der Waals surface area (Å²) in [6.45, 7) is 1.84. The molecule has 4 heteroatoms. The first-order chi connectivity index (χ1) is 6.61. The zero-order valence-electron chi connectivity index (χ0n) is 7.48. The molecule has 0 bridgehead atoms. The van der Waals surface area contributed by atoms with Crippen LogP contribution < -0.4 is 20.5 Å². The molecule has 0 radical (unpaired) electrons. The van der Waals surface area contributed by atoms with E-state index in [1.807, 2.05) is 13.0 Å². The molecule has 70 valence electrons. The minimum atomic E-state index is -0.922. The molecule has 1 heterocycles.